The fourth-order valence-electron chi connectivity index (χ4n) is 2.25. The average Bonchev–Trinajstić information content (AvgIpc) is 2.23. The average molecular weight is 200 g/mol. The largest absolute Gasteiger partial charge is 0.395 e. The molecule has 2 nitrogen and oxygen atoms in total. The van der Waals surface area contributed by atoms with Crippen molar-refractivity contribution >= 4 is 8.56 Å². The van der Waals surface area contributed by atoms with Crippen LogP contribution >= 0.6 is 0 Å². The summed E-state index contributed by atoms with van der Waals surface area (Å²) in [5, 5.41) is 0. The fourth-order valence-corrected chi connectivity index (χ4v) is 4.97. The van der Waals surface area contributed by atoms with Crippen molar-refractivity contribution in [3.8, 4) is 0 Å². The van der Waals surface area contributed by atoms with Crippen LogP contribution in [0, 0.1) is 0 Å². The summed E-state index contributed by atoms with van der Waals surface area (Å²) in [5.74, 6) is 0. The van der Waals surface area contributed by atoms with E-state index in [1.807, 2.05) is 5.70 Å². The third-order valence-electron chi connectivity index (χ3n) is 3.10. The van der Waals surface area contributed by atoms with Crippen molar-refractivity contribution in [3.63, 3.8) is 0 Å². The summed E-state index contributed by atoms with van der Waals surface area (Å²) in [6.07, 6.45) is 6.51. The molecule has 0 radical (unpaired) electrons. The van der Waals surface area contributed by atoms with E-state index in [2.05, 4.69) is 6.58 Å². The summed E-state index contributed by atoms with van der Waals surface area (Å²) in [6, 6.07) is 0. The molecular formula is C10H20O2Si. The zero-order valence-electron chi connectivity index (χ0n) is 8.71. The normalized spacial score (nSPS) is 20.2. The van der Waals surface area contributed by atoms with E-state index in [1.165, 1.54) is 32.1 Å². The topological polar surface area (TPSA) is 18.5 Å². The molecule has 0 N–H and O–H groups in total. The van der Waals surface area contributed by atoms with Gasteiger partial charge in [-0.3, -0.25) is 0 Å². The van der Waals surface area contributed by atoms with Crippen molar-refractivity contribution in [3.05, 3.63) is 12.3 Å². The first-order valence-corrected chi connectivity index (χ1v) is 7.00. The van der Waals surface area contributed by atoms with Crippen LogP contribution in [0.15, 0.2) is 12.3 Å². The van der Waals surface area contributed by atoms with E-state index in [0.29, 0.717) is 5.54 Å². The van der Waals surface area contributed by atoms with Crippen LogP contribution in [0.2, 0.25) is 5.54 Å². The van der Waals surface area contributed by atoms with Gasteiger partial charge in [0.25, 0.3) is 0 Å². The van der Waals surface area contributed by atoms with Crippen LogP contribution in [0.3, 0.4) is 0 Å². The lowest BCUT2D eigenvalue weighted by Crippen LogP contribution is -2.44. The molecule has 1 saturated carbocycles. The zero-order chi connectivity index (χ0) is 9.73. The van der Waals surface area contributed by atoms with Gasteiger partial charge < -0.3 is 8.85 Å². The highest BCUT2D eigenvalue weighted by Crippen LogP contribution is 2.37. The SMILES string of the molecule is C=C[Si](OC)(OC)C1CCCCC1. The fraction of sp³-hybridized carbons (Fsp3) is 0.800. The van der Waals surface area contributed by atoms with E-state index in [-0.39, 0.29) is 0 Å². The van der Waals surface area contributed by atoms with Gasteiger partial charge >= 0.3 is 8.56 Å². The monoisotopic (exact) mass is 200 g/mol. The molecular weight excluding hydrogens is 180 g/mol. The van der Waals surface area contributed by atoms with E-state index in [1.54, 1.807) is 14.2 Å². The van der Waals surface area contributed by atoms with Gasteiger partial charge in [0, 0.05) is 19.8 Å². The van der Waals surface area contributed by atoms with E-state index in [0.717, 1.165) is 0 Å². The van der Waals surface area contributed by atoms with Gasteiger partial charge in [0.15, 0.2) is 0 Å². The van der Waals surface area contributed by atoms with Gasteiger partial charge in [0.1, 0.15) is 0 Å². The Balaban J connectivity index is 2.66. The minimum absolute atomic E-state index is 0.619. The van der Waals surface area contributed by atoms with Crippen molar-refractivity contribution in [1.29, 1.82) is 0 Å². The maximum atomic E-state index is 5.57. The van der Waals surface area contributed by atoms with E-state index in [4.69, 9.17) is 8.85 Å². The molecule has 1 aliphatic carbocycles. The predicted molar refractivity (Wildman–Crippen MR) is 56.8 cm³/mol. The Kier molecular flexibility index (Phi) is 4.16. The molecule has 0 heterocycles. The standard InChI is InChI=1S/C10H20O2Si/c1-4-13(11-2,12-3)10-8-6-5-7-9-10/h4,10H,1,5-9H2,2-3H3. The Morgan fingerprint density at radius 2 is 1.69 bits per heavy atom. The second-order valence-corrected chi connectivity index (χ2v) is 7.15. The van der Waals surface area contributed by atoms with Crippen LogP contribution in [-0.2, 0) is 8.85 Å². The minimum Gasteiger partial charge on any atom is -0.395 e. The third-order valence-corrected chi connectivity index (χ3v) is 6.66. The van der Waals surface area contributed by atoms with Gasteiger partial charge in [-0.05, 0) is 18.5 Å². The lowest BCUT2D eigenvalue weighted by molar-refractivity contribution is 0.230. The molecule has 0 bridgehead atoms. The van der Waals surface area contributed by atoms with Crippen LogP contribution < -0.4 is 0 Å². The first kappa shape index (κ1) is 11.0. The highest BCUT2D eigenvalue weighted by Gasteiger charge is 2.41. The first-order chi connectivity index (χ1) is 6.29. The Morgan fingerprint density at radius 1 is 1.15 bits per heavy atom. The summed E-state index contributed by atoms with van der Waals surface area (Å²) in [6.45, 7) is 3.86. The molecule has 0 aromatic carbocycles. The minimum atomic E-state index is -2.05. The summed E-state index contributed by atoms with van der Waals surface area (Å²) in [7, 11) is 1.46. The molecule has 0 aromatic rings. The quantitative estimate of drug-likeness (QED) is 0.650. The molecule has 0 atom stereocenters. The molecule has 1 fully saturated rings. The zero-order valence-corrected chi connectivity index (χ0v) is 9.71. The van der Waals surface area contributed by atoms with Gasteiger partial charge in [-0.15, -0.1) is 6.58 Å². The number of hydrogen-bond donors (Lipinski definition) is 0. The Morgan fingerprint density at radius 3 is 2.08 bits per heavy atom. The smallest absolute Gasteiger partial charge is 0.367 e. The van der Waals surface area contributed by atoms with Gasteiger partial charge in [-0.1, -0.05) is 19.3 Å². The molecule has 76 valence electrons. The van der Waals surface area contributed by atoms with E-state index in [9.17, 15) is 0 Å². The molecule has 1 aliphatic rings. The van der Waals surface area contributed by atoms with Crippen LogP contribution in [0.4, 0.5) is 0 Å². The summed E-state index contributed by atoms with van der Waals surface area (Å²) >= 11 is 0. The Bertz CT molecular complexity index is 160. The van der Waals surface area contributed by atoms with Crippen molar-refractivity contribution in [2.45, 2.75) is 37.6 Å². The van der Waals surface area contributed by atoms with Gasteiger partial charge in [0.05, 0.1) is 0 Å². The molecule has 13 heavy (non-hydrogen) atoms. The van der Waals surface area contributed by atoms with Crippen molar-refractivity contribution in [2.75, 3.05) is 14.2 Å². The summed E-state index contributed by atoms with van der Waals surface area (Å²) < 4.78 is 11.1. The van der Waals surface area contributed by atoms with Crippen molar-refractivity contribution in [2.24, 2.45) is 0 Å². The molecule has 1 rings (SSSR count). The van der Waals surface area contributed by atoms with Crippen LogP contribution in [0.25, 0.3) is 0 Å². The molecule has 0 saturated heterocycles. The Labute approximate surface area is 82.2 Å². The lowest BCUT2D eigenvalue weighted by Gasteiger charge is -2.34. The first-order valence-electron chi connectivity index (χ1n) is 5.03. The summed E-state index contributed by atoms with van der Waals surface area (Å²) in [5.41, 5.74) is 2.55. The van der Waals surface area contributed by atoms with Gasteiger partial charge in [0.2, 0.25) is 0 Å². The van der Waals surface area contributed by atoms with Gasteiger partial charge in [-0.25, -0.2) is 0 Å². The lowest BCUT2D eigenvalue weighted by atomic mass is 10.0. The number of rotatable bonds is 4. The molecule has 0 spiro atoms. The second kappa shape index (κ2) is 4.93. The maximum absolute atomic E-state index is 5.57. The molecule has 0 aliphatic heterocycles. The summed E-state index contributed by atoms with van der Waals surface area (Å²) in [4.78, 5) is 0. The molecule has 0 amide bonds. The molecule has 0 unspecified atom stereocenters. The van der Waals surface area contributed by atoms with E-state index < -0.39 is 8.56 Å². The highest BCUT2D eigenvalue weighted by atomic mass is 28.4. The van der Waals surface area contributed by atoms with Crippen molar-refractivity contribution < 1.29 is 8.85 Å². The maximum Gasteiger partial charge on any atom is 0.367 e. The van der Waals surface area contributed by atoms with Gasteiger partial charge in [-0.2, -0.15) is 0 Å². The predicted octanol–water partition coefficient (Wildman–Crippen LogP) is 2.78. The van der Waals surface area contributed by atoms with Crippen LogP contribution in [0.1, 0.15) is 32.1 Å². The van der Waals surface area contributed by atoms with Crippen LogP contribution in [-0.4, -0.2) is 22.8 Å². The van der Waals surface area contributed by atoms with Crippen molar-refractivity contribution in [1.82, 2.24) is 0 Å². The van der Waals surface area contributed by atoms with Crippen LogP contribution in [0.5, 0.6) is 0 Å². The molecule has 0 aromatic heterocycles. The number of hydrogen-bond acceptors (Lipinski definition) is 2. The third kappa shape index (κ3) is 2.21. The Hall–Kier alpha value is -0.123. The second-order valence-electron chi connectivity index (χ2n) is 3.67. The highest BCUT2D eigenvalue weighted by molar-refractivity contribution is 6.74. The molecule has 3 heteroatoms. The van der Waals surface area contributed by atoms with E-state index >= 15 is 0 Å².